The van der Waals surface area contributed by atoms with Gasteiger partial charge in [0.2, 0.25) is 5.91 Å². The van der Waals surface area contributed by atoms with Crippen molar-refractivity contribution in [3.63, 3.8) is 0 Å². The number of amides is 1. The molecule has 0 N–H and O–H groups in total. The average molecular weight is 421 g/mol. The van der Waals surface area contributed by atoms with E-state index in [-0.39, 0.29) is 11.7 Å². The first kappa shape index (κ1) is 21.0. The number of ketones is 1. The van der Waals surface area contributed by atoms with Gasteiger partial charge in [0, 0.05) is 38.1 Å². The fourth-order valence-electron chi connectivity index (χ4n) is 4.13. The van der Waals surface area contributed by atoms with Crippen LogP contribution in [0.4, 0.5) is 0 Å². The molecule has 2 aromatic rings. The Morgan fingerprint density at radius 3 is 2.52 bits per heavy atom. The van der Waals surface area contributed by atoms with Gasteiger partial charge in [0.25, 0.3) is 0 Å². The highest BCUT2D eigenvalue weighted by Gasteiger charge is 2.43. The zero-order valence-electron chi connectivity index (χ0n) is 17.9. The average Bonchev–Trinajstić information content (AvgIpc) is 2.78. The van der Waals surface area contributed by atoms with E-state index >= 15 is 0 Å². The van der Waals surface area contributed by atoms with Crippen LogP contribution in [0, 0.1) is 0 Å². The lowest BCUT2D eigenvalue weighted by Crippen LogP contribution is -2.52. The lowest BCUT2D eigenvalue weighted by atomic mass is 9.82. The Morgan fingerprint density at radius 1 is 1.13 bits per heavy atom. The van der Waals surface area contributed by atoms with Crippen LogP contribution in [-0.2, 0) is 4.79 Å². The smallest absolute Gasteiger partial charge is 0.246 e. The highest BCUT2D eigenvalue weighted by molar-refractivity contribution is 6.00. The van der Waals surface area contributed by atoms with E-state index in [1.54, 1.807) is 31.4 Å². The Balaban J connectivity index is 1.37. The first-order chi connectivity index (χ1) is 15.0. The Morgan fingerprint density at radius 2 is 1.84 bits per heavy atom. The Bertz CT molecular complexity index is 987. The van der Waals surface area contributed by atoms with Crippen molar-refractivity contribution in [3.8, 4) is 17.2 Å². The molecule has 31 heavy (non-hydrogen) atoms. The Kier molecular flexibility index (Phi) is 5.98. The van der Waals surface area contributed by atoms with Crippen LogP contribution in [0.3, 0.4) is 0 Å². The third-order valence-corrected chi connectivity index (χ3v) is 5.89. The van der Waals surface area contributed by atoms with Gasteiger partial charge in [-0.15, -0.1) is 0 Å². The summed E-state index contributed by atoms with van der Waals surface area (Å²) in [6, 6.07) is 12.9. The van der Waals surface area contributed by atoms with Gasteiger partial charge in [0.1, 0.15) is 22.8 Å². The number of piperidine rings is 1. The van der Waals surface area contributed by atoms with E-state index in [4.69, 9.17) is 14.2 Å². The summed E-state index contributed by atoms with van der Waals surface area (Å²) in [6.07, 6.45) is 5.00. The largest absolute Gasteiger partial charge is 0.497 e. The molecule has 1 spiro atoms. The van der Waals surface area contributed by atoms with E-state index in [1.807, 2.05) is 42.2 Å². The van der Waals surface area contributed by atoms with E-state index in [0.29, 0.717) is 56.0 Å². The summed E-state index contributed by atoms with van der Waals surface area (Å²) in [7, 11) is 1.59. The second-order valence-electron chi connectivity index (χ2n) is 7.91. The molecule has 6 nitrogen and oxygen atoms in total. The number of benzene rings is 2. The summed E-state index contributed by atoms with van der Waals surface area (Å²) in [4.78, 5) is 27.1. The van der Waals surface area contributed by atoms with Gasteiger partial charge in [-0.25, -0.2) is 0 Å². The lowest BCUT2D eigenvalue weighted by Gasteiger charge is -2.43. The molecule has 1 amide bonds. The number of Topliss-reactive ketones (excluding diaryl/α,β-unsaturated/α-hetero) is 1. The van der Waals surface area contributed by atoms with Gasteiger partial charge in [0.15, 0.2) is 5.78 Å². The van der Waals surface area contributed by atoms with Crippen molar-refractivity contribution in [2.24, 2.45) is 0 Å². The van der Waals surface area contributed by atoms with Gasteiger partial charge in [-0.1, -0.05) is 12.1 Å². The van der Waals surface area contributed by atoms with E-state index in [1.165, 1.54) is 0 Å². The van der Waals surface area contributed by atoms with Crippen LogP contribution < -0.4 is 14.2 Å². The molecule has 0 bridgehead atoms. The molecule has 1 fully saturated rings. The number of hydrogen-bond acceptors (Lipinski definition) is 5. The summed E-state index contributed by atoms with van der Waals surface area (Å²) in [5.74, 6) is 2.10. The van der Waals surface area contributed by atoms with Crippen LogP contribution in [0.25, 0.3) is 6.08 Å². The summed E-state index contributed by atoms with van der Waals surface area (Å²) in [6.45, 7) is 3.68. The van der Waals surface area contributed by atoms with Gasteiger partial charge in [-0.2, -0.15) is 0 Å². The summed E-state index contributed by atoms with van der Waals surface area (Å²) in [5.41, 5.74) is 0.992. The SMILES string of the molecule is CCOc1ccc(/C=C/C(=O)N2CCC3(CC2)CC(=O)c2ccc(OC)cc2O3)cc1. The third-order valence-electron chi connectivity index (χ3n) is 5.89. The zero-order chi connectivity index (χ0) is 21.8. The van der Waals surface area contributed by atoms with Gasteiger partial charge < -0.3 is 19.1 Å². The molecule has 162 valence electrons. The molecule has 6 heteroatoms. The van der Waals surface area contributed by atoms with Crippen LogP contribution in [0.15, 0.2) is 48.5 Å². The van der Waals surface area contributed by atoms with Crippen molar-refractivity contribution in [1.29, 1.82) is 0 Å². The van der Waals surface area contributed by atoms with Crippen molar-refractivity contribution in [1.82, 2.24) is 4.90 Å². The minimum absolute atomic E-state index is 0.0343. The molecular weight excluding hydrogens is 394 g/mol. The molecule has 2 aliphatic rings. The van der Waals surface area contributed by atoms with Gasteiger partial charge in [-0.05, 0) is 42.8 Å². The number of methoxy groups -OCH3 is 1. The van der Waals surface area contributed by atoms with Crippen LogP contribution in [0.1, 0.15) is 42.1 Å². The van der Waals surface area contributed by atoms with Crippen molar-refractivity contribution in [2.45, 2.75) is 31.8 Å². The molecule has 4 rings (SSSR count). The Hall–Kier alpha value is -3.28. The standard InChI is InChI=1S/C25H27NO5/c1-3-30-19-7-4-18(5-8-19)6-11-24(28)26-14-12-25(13-15-26)17-22(27)21-10-9-20(29-2)16-23(21)31-25/h4-11,16H,3,12-15,17H2,1-2H3/b11-6+. The second kappa shape index (κ2) is 8.84. The summed E-state index contributed by atoms with van der Waals surface area (Å²) >= 11 is 0. The number of hydrogen-bond donors (Lipinski definition) is 0. The maximum Gasteiger partial charge on any atom is 0.246 e. The predicted molar refractivity (Wildman–Crippen MR) is 118 cm³/mol. The van der Waals surface area contributed by atoms with E-state index in [2.05, 4.69) is 0 Å². The van der Waals surface area contributed by atoms with E-state index in [9.17, 15) is 9.59 Å². The number of rotatable bonds is 5. The van der Waals surface area contributed by atoms with Gasteiger partial charge >= 0.3 is 0 Å². The number of fused-ring (bicyclic) bond motifs is 1. The Labute approximate surface area is 182 Å². The predicted octanol–water partition coefficient (Wildman–Crippen LogP) is 4.13. The van der Waals surface area contributed by atoms with Crippen LogP contribution >= 0.6 is 0 Å². The number of carbonyl (C=O) groups excluding carboxylic acids is 2. The van der Waals surface area contributed by atoms with Crippen LogP contribution in [0.2, 0.25) is 0 Å². The number of carbonyl (C=O) groups is 2. The first-order valence-corrected chi connectivity index (χ1v) is 10.6. The number of likely N-dealkylation sites (tertiary alicyclic amines) is 1. The topological polar surface area (TPSA) is 65.1 Å². The molecule has 0 unspecified atom stereocenters. The molecule has 0 aliphatic carbocycles. The number of ether oxygens (including phenoxy) is 3. The maximum atomic E-state index is 12.7. The second-order valence-corrected chi connectivity index (χ2v) is 7.91. The molecule has 0 atom stereocenters. The summed E-state index contributed by atoms with van der Waals surface area (Å²) < 4.78 is 17.0. The van der Waals surface area contributed by atoms with Crippen molar-refractivity contribution < 1.29 is 23.8 Å². The monoisotopic (exact) mass is 421 g/mol. The van der Waals surface area contributed by atoms with Crippen molar-refractivity contribution in [3.05, 3.63) is 59.7 Å². The van der Waals surface area contributed by atoms with Crippen LogP contribution in [-0.4, -0.2) is 49.0 Å². The first-order valence-electron chi connectivity index (χ1n) is 10.6. The highest BCUT2D eigenvalue weighted by Crippen LogP contribution is 2.40. The van der Waals surface area contributed by atoms with Gasteiger partial charge in [0.05, 0.1) is 25.7 Å². The molecule has 0 radical (unpaired) electrons. The zero-order valence-corrected chi connectivity index (χ0v) is 17.9. The minimum atomic E-state index is -0.550. The molecular formula is C25H27NO5. The quantitative estimate of drug-likeness (QED) is 0.679. The van der Waals surface area contributed by atoms with Crippen LogP contribution in [0.5, 0.6) is 17.2 Å². The lowest BCUT2D eigenvalue weighted by molar-refractivity contribution is -0.129. The van der Waals surface area contributed by atoms with E-state index in [0.717, 1.165) is 11.3 Å². The molecule has 0 aromatic heterocycles. The fourth-order valence-corrected chi connectivity index (χ4v) is 4.13. The molecule has 2 heterocycles. The fraction of sp³-hybridized carbons (Fsp3) is 0.360. The minimum Gasteiger partial charge on any atom is -0.497 e. The molecule has 0 saturated carbocycles. The highest BCUT2D eigenvalue weighted by atomic mass is 16.5. The molecule has 1 saturated heterocycles. The molecule has 2 aliphatic heterocycles. The summed E-state index contributed by atoms with van der Waals surface area (Å²) in [5, 5.41) is 0. The number of nitrogens with zero attached hydrogens (tertiary/aromatic N) is 1. The normalized spacial score (nSPS) is 17.4. The van der Waals surface area contributed by atoms with Crippen molar-refractivity contribution >= 4 is 17.8 Å². The van der Waals surface area contributed by atoms with Gasteiger partial charge in [-0.3, -0.25) is 9.59 Å². The van der Waals surface area contributed by atoms with Crippen molar-refractivity contribution in [2.75, 3.05) is 26.8 Å². The third kappa shape index (κ3) is 4.58. The van der Waals surface area contributed by atoms with E-state index < -0.39 is 5.60 Å². The molecule has 2 aromatic carbocycles. The maximum absolute atomic E-state index is 12.7.